The van der Waals surface area contributed by atoms with Gasteiger partial charge in [-0.25, -0.2) is 15.0 Å². The normalized spacial score (nSPS) is 12.3. The predicted octanol–water partition coefficient (Wildman–Crippen LogP) is 2.97. The van der Waals surface area contributed by atoms with Gasteiger partial charge in [0, 0.05) is 11.8 Å². The van der Waals surface area contributed by atoms with Gasteiger partial charge in [0.15, 0.2) is 0 Å². The van der Waals surface area contributed by atoms with E-state index in [4.69, 9.17) is 5.73 Å². The van der Waals surface area contributed by atoms with Crippen LogP contribution in [0.25, 0.3) is 10.8 Å². The number of anilines is 3. The number of nitrogen functional groups attached to an aromatic ring is 1. The van der Waals surface area contributed by atoms with Crippen LogP contribution in [0, 0.1) is 0 Å². The number of azo groups is 1. The lowest BCUT2D eigenvalue weighted by Crippen LogP contribution is -2.04. The number of phenols is 1. The molecule has 0 amide bonds. The van der Waals surface area contributed by atoms with E-state index in [-0.39, 0.29) is 16.5 Å². The highest BCUT2D eigenvalue weighted by Crippen LogP contribution is 2.43. The summed E-state index contributed by atoms with van der Waals surface area (Å²) in [5.41, 5.74) is 5.93. The van der Waals surface area contributed by atoms with E-state index in [2.05, 4.69) is 30.5 Å². The first kappa shape index (κ1) is 23.9. The van der Waals surface area contributed by atoms with Gasteiger partial charge in [-0.3, -0.25) is 9.11 Å². The van der Waals surface area contributed by atoms with Gasteiger partial charge in [0.1, 0.15) is 29.0 Å². The zero-order valence-corrected chi connectivity index (χ0v) is 18.9. The molecule has 0 bridgehead atoms. The summed E-state index contributed by atoms with van der Waals surface area (Å²) in [4.78, 5) is 10.1. The molecule has 1 heterocycles. The van der Waals surface area contributed by atoms with Gasteiger partial charge >= 0.3 is 0 Å². The topological polar surface area (TPSA) is 230 Å². The summed E-state index contributed by atoms with van der Waals surface area (Å²) in [5, 5.41) is 20.9. The number of aromatic hydroxyl groups is 1. The van der Waals surface area contributed by atoms with Crippen LogP contribution in [-0.4, -0.2) is 46.0 Å². The lowest BCUT2D eigenvalue weighted by Gasteiger charge is -2.12. The van der Waals surface area contributed by atoms with Crippen LogP contribution in [-0.2, 0) is 20.2 Å². The molecule has 6 N–H and O–H groups in total. The molecule has 14 nitrogen and oxygen atoms in total. The van der Waals surface area contributed by atoms with Gasteiger partial charge in [-0.1, -0.05) is 0 Å². The average molecular weight is 518 g/mol. The molecule has 0 aliphatic heterocycles. The highest BCUT2D eigenvalue weighted by molar-refractivity contribution is 7.86. The number of fused-ring (bicyclic) bond motifs is 1. The number of benzene rings is 3. The van der Waals surface area contributed by atoms with Crippen molar-refractivity contribution in [1.82, 2.24) is 15.0 Å². The zero-order chi connectivity index (χ0) is 25.4. The number of nitrogens with two attached hydrogens (primary N) is 1. The molecule has 0 aliphatic carbocycles. The van der Waals surface area contributed by atoms with E-state index in [0.29, 0.717) is 17.3 Å². The molecular formula is C19H15N7O7S2. The van der Waals surface area contributed by atoms with Crippen molar-refractivity contribution in [3.63, 3.8) is 0 Å². The Labute approximate surface area is 197 Å². The zero-order valence-electron chi connectivity index (χ0n) is 17.3. The quantitative estimate of drug-likeness (QED) is 0.141. The molecular weight excluding hydrogens is 502 g/mol. The maximum atomic E-state index is 11.8. The molecule has 0 saturated heterocycles. The Hall–Kier alpha value is -4.25. The summed E-state index contributed by atoms with van der Waals surface area (Å²) in [6.45, 7) is 0. The van der Waals surface area contributed by atoms with Gasteiger partial charge in [-0.2, -0.15) is 21.9 Å². The highest BCUT2D eigenvalue weighted by atomic mass is 32.2. The summed E-state index contributed by atoms with van der Waals surface area (Å²) in [6.07, 6.45) is 2.64. The van der Waals surface area contributed by atoms with E-state index in [0.717, 1.165) is 18.2 Å². The summed E-state index contributed by atoms with van der Waals surface area (Å²) in [6, 6.07) is 8.83. The van der Waals surface area contributed by atoms with Crippen LogP contribution in [0.15, 0.2) is 75.1 Å². The van der Waals surface area contributed by atoms with Gasteiger partial charge in [0.05, 0.1) is 21.7 Å². The van der Waals surface area contributed by atoms with Crippen molar-refractivity contribution in [2.75, 3.05) is 11.1 Å². The van der Waals surface area contributed by atoms with Gasteiger partial charge in [0.25, 0.3) is 20.2 Å². The van der Waals surface area contributed by atoms with Crippen molar-refractivity contribution in [3.8, 4) is 5.75 Å². The average Bonchev–Trinajstić information content (AvgIpc) is 2.78. The van der Waals surface area contributed by atoms with E-state index < -0.39 is 41.5 Å². The number of phenolic OH excluding ortho intramolecular Hbond substituents is 1. The first-order chi connectivity index (χ1) is 16.4. The summed E-state index contributed by atoms with van der Waals surface area (Å²) in [7, 11) is -9.62. The van der Waals surface area contributed by atoms with Crippen LogP contribution >= 0.6 is 0 Å². The minimum Gasteiger partial charge on any atom is -0.507 e. The number of hydrogen-bond acceptors (Lipinski definition) is 12. The first-order valence-corrected chi connectivity index (χ1v) is 12.3. The van der Waals surface area contributed by atoms with Crippen molar-refractivity contribution < 1.29 is 31.0 Å². The fourth-order valence-corrected chi connectivity index (χ4v) is 4.27. The van der Waals surface area contributed by atoms with Gasteiger partial charge in [-0.05, 0) is 41.8 Å². The van der Waals surface area contributed by atoms with E-state index in [1.165, 1.54) is 12.7 Å². The molecule has 0 aliphatic rings. The Morgan fingerprint density at radius 1 is 0.886 bits per heavy atom. The van der Waals surface area contributed by atoms with Crippen LogP contribution in [0.1, 0.15) is 0 Å². The summed E-state index contributed by atoms with van der Waals surface area (Å²) < 4.78 is 65.5. The molecule has 16 heteroatoms. The van der Waals surface area contributed by atoms with Crippen LogP contribution in [0.3, 0.4) is 0 Å². The third kappa shape index (κ3) is 5.14. The second-order valence-electron chi connectivity index (χ2n) is 6.96. The van der Waals surface area contributed by atoms with Crippen LogP contribution in [0.2, 0.25) is 0 Å². The lowest BCUT2D eigenvalue weighted by molar-refractivity contribution is 0.471. The molecule has 4 rings (SSSR count). The molecule has 0 saturated carbocycles. The Morgan fingerprint density at radius 2 is 1.54 bits per heavy atom. The monoisotopic (exact) mass is 517 g/mol. The summed E-state index contributed by atoms with van der Waals surface area (Å²) >= 11 is 0. The molecule has 4 aromatic rings. The first-order valence-electron chi connectivity index (χ1n) is 9.38. The molecule has 3 aromatic carbocycles. The smallest absolute Gasteiger partial charge is 0.296 e. The Balaban J connectivity index is 1.79. The van der Waals surface area contributed by atoms with Gasteiger partial charge in [-0.15, -0.1) is 5.11 Å². The molecule has 0 fully saturated rings. The minimum absolute atomic E-state index is 0.154. The second-order valence-corrected chi connectivity index (χ2v) is 9.77. The minimum atomic E-state index is -4.87. The number of nitrogens with one attached hydrogen (secondary N) is 1. The standard InChI is InChI=1S/C19H15N7O7S2/c20-17-15(35(31,32)33)6-10-5-13(34(28,29)30)7-14(27)16(10)18(17)26-25-12-3-1-11(2-4-12)24-19-22-8-21-9-23-19/h1-9,27H,20H2,(H,28,29,30)(H,31,32,33)(H,21,22,23,24). The van der Waals surface area contributed by atoms with Crippen molar-refractivity contribution in [2.45, 2.75) is 9.79 Å². The van der Waals surface area contributed by atoms with E-state index in [1.807, 2.05) is 0 Å². The van der Waals surface area contributed by atoms with E-state index in [9.17, 15) is 31.0 Å². The maximum absolute atomic E-state index is 11.8. The SMILES string of the molecule is Nc1c(S(=O)(=O)O)cc2cc(S(=O)(=O)O)cc(O)c2c1N=Nc1ccc(Nc2ncncn2)cc1. The van der Waals surface area contributed by atoms with Crippen molar-refractivity contribution in [1.29, 1.82) is 0 Å². The van der Waals surface area contributed by atoms with E-state index in [1.54, 1.807) is 24.3 Å². The molecule has 180 valence electrons. The van der Waals surface area contributed by atoms with Gasteiger partial charge in [0.2, 0.25) is 5.95 Å². The molecule has 35 heavy (non-hydrogen) atoms. The number of aromatic nitrogens is 3. The number of rotatable bonds is 6. The van der Waals surface area contributed by atoms with E-state index >= 15 is 0 Å². The van der Waals surface area contributed by atoms with Crippen LogP contribution < -0.4 is 11.1 Å². The predicted molar refractivity (Wildman–Crippen MR) is 123 cm³/mol. The van der Waals surface area contributed by atoms with Crippen molar-refractivity contribution in [3.05, 3.63) is 55.1 Å². The molecule has 0 atom stereocenters. The van der Waals surface area contributed by atoms with Crippen molar-refractivity contribution >= 4 is 59.7 Å². The molecule has 0 radical (unpaired) electrons. The van der Waals surface area contributed by atoms with Crippen LogP contribution in [0.5, 0.6) is 5.75 Å². The van der Waals surface area contributed by atoms with Crippen LogP contribution in [0.4, 0.5) is 28.7 Å². The third-order valence-electron chi connectivity index (χ3n) is 4.62. The Kier molecular flexibility index (Phi) is 6.03. The molecule has 0 spiro atoms. The lowest BCUT2D eigenvalue weighted by atomic mass is 10.1. The number of hydrogen-bond donors (Lipinski definition) is 5. The highest BCUT2D eigenvalue weighted by Gasteiger charge is 2.23. The number of nitrogens with zero attached hydrogens (tertiary/aromatic N) is 5. The third-order valence-corrected chi connectivity index (χ3v) is 6.35. The largest absolute Gasteiger partial charge is 0.507 e. The summed E-state index contributed by atoms with van der Waals surface area (Å²) in [5.74, 6) is -0.357. The fourth-order valence-electron chi connectivity index (χ4n) is 3.08. The molecule has 0 unspecified atom stereocenters. The fraction of sp³-hybridized carbons (Fsp3) is 0. The Morgan fingerprint density at radius 3 is 2.14 bits per heavy atom. The van der Waals surface area contributed by atoms with Crippen molar-refractivity contribution in [2.24, 2.45) is 10.2 Å². The maximum Gasteiger partial charge on any atom is 0.296 e. The second kappa shape index (κ2) is 8.84. The molecule has 1 aromatic heterocycles. The Bertz CT molecular complexity index is 1680. The van der Waals surface area contributed by atoms with Gasteiger partial charge < -0.3 is 16.2 Å².